The number of rotatable bonds is 3. The predicted molar refractivity (Wildman–Crippen MR) is 76.8 cm³/mol. The average Bonchev–Trinajstić information content (AvgIpc) is 2.67. The van der Waals surface area contributed by atoms with E-state index in [1.807, 2.05) is 0 Å². The summed E-state index contributed by atoms with van der Waals surface area (Å²) in [5, 5.41) is 0. The molecule has 0 aromatic rings. The molecule has 2 aliphatic rings. The Morgan fingerprint density at radius 1 is 1.11 bits per heavy atom. The van der Waals surface area contributed by atoms with Gasteiger partial charge in [-0.3, -0.25) is 9.89 Å². The number of likely N-dealkylation sites (tertiary alicyclic amines) is 2. The molecule has 2 fully saturated rings. The number of hydrogen-bond acceptors (Lipinski definition) is 2. The minimum atomic E-state index is 0.625. The summed E-state index contributed by atoms with van der Waals surface area (Å²) >= 11 is 0. The summed E-state index contributed by atoms with van der Waals surface area (Å²) in [5.74, 6) is 0.778. The maximum absolute atomic E-state index is 6.14. The van der Waals surface area contributed by atoms with Crippen LogP contribution in [-0.4, -0.2) is 54.5 Å². The standard InChI is InChI=1S/C14H28N4/c1-2-17-11-7-8-13(17)12-16-14(15)18-9-5-3-4-6-10-18/h13H,2-12H2,1H3,(H2,15,16). The third-order valence-electron chi connectivity index (χ3n) is 4.30. The summed E-state index contributed by atoms with van der Waals surface area (Å²) in [6.45, 7) is 7.69. The molecule has 0 aromatic carbocycles. The van der Waals surface area contributed by atoms with Crippen LogP contribution in [0.15, 0.2) is 4.99 Å². The molecule has 1 unspecified atom stereocenters. The molecule has 0 saturated carbocycles. The largest absolute Gasteiger partial charge is 0.370 e. The Labute approximate surface area is 111 Å². The van der Waals surface area contributed by atoms with Gasteiger partial charge in [0.05, 0.1) is 6.54 Å². The Bertz CT molecular complexity index is 269. The molecule has 18 heavy (non-hydrogen) atoms. The highest BCUT2D eigenvalue weighted by atomic mass is 15.3. The van der Waals surface area contributed by atoms with Crippen LogP contribution >= 0.6 is 0 Å². The van der Waals surface area contributed by atoms with Gasteiger partial charge < -0.3 is 10.6 Å². The van der Waals surface area contributed by atoms with E-state index >= 15 is 0 Å². The summed E-state index contributed by atoms with van der Waals surface area (Å²) in [6, 6.07) is 0.625. The van der Waals surface area contributed by atoms with Crippen molar-refractivity contribution in [3.8, 4) is 0 Å². The molecule has 2 heterocycles. The van der Waals surface area contributed by atoms with E-state index in [1.165, 1.54) is 45.1 Å². The number of nitrogens with two attached hydrogens (primary N) is 1. The van der Waals surface area contributed by atoms with Gasteiger partial charge in [0, 0.05) is 19.1 Å². The summed E-state index contributed by atoms with van der Waals surface area (Å²) in [6.07, 6.45) is 7.82. The van der Waals surface area contributed by atoms with Gasteiger partial charge in [-0.2, -0.15) is 0 Å². The molecule has 2 rings (SSSR count). The maximum atomic E-state index is 6.14. The van der Waals surface area contributed by atoms with E-state index in [-0.39, 0.29) is 0 Å². The maximum Gasteiger partial charge on any atom is 0.191 e. The highest BCUT2D eigenvalue weighted by Crippen LogP contribution is 2.17. The van der Waals surface area contributed by atoms with Crippen molar-refractivity contribution >= 4 is 5.96 Å². The lowest BCUT2D eigenvalue weighted by molar-refractivity contribution is 0.272. The minimum Gasteiger partial charge on any atom is -0.370 e. The molecular weight excluding hydrogens is 224 g/mol. The quantitative estimate of drug-likeness (QED) is 0.614. The molecule has 0 aromatic heterocycles. The van der Waals surface area contributed by atoms with E-state index in [0.717, 1.165) is 32.1 Å². The topological polar surface area (TPSA) is 44.9 Å². The normalized spacial score (nSPS) is 27.5. The van der Waals surface area contributed by atoms with Gasteiger partial charge in [0.2, 0.25) is 0 Å². The van der Waals surface area contributed by atoms with Crippen LogP contribution in [0.1, 0.15) is 45.4 Å². The van der Waals surface area contributed by atoms with Gasteiger partial charge >= 0.3 is 0 Å². The molecule has 1 atom stereocenters. The van der Waals surface area contributed by atoms with Crippen molar-refractivity contribution in [2.24, 2.45) is 10.7 Å². The van der Waals surface area contributed by atoms with Crippen LogP contribution in [0.25, 0.3) is 0 Å². The lowest BCUT2D eigenvalue weighted by atomic mass is 10.2. The molecule has 2 N–H and O–H groups in total. The number of guanidine groups is 1. The van der Waals surface area contributed by atoms with Gasteiger partial charge in [-0.1, -0.05) is 19.8 Å². The lowest BCUT2D eigenvalue weighted by Crippen LogP contribution is -2.39. The second-order valence-corrected chi connectivity index (χ2v) is 5.52. The van der Waals surface area contributed by atoms with E-state index in [0.29, 0.717) is 6.04 Å². The second-order valence-electron chi connectivity index (χ2n) is 5.52. The first-order valence-electron chi connectivity index (χ1n) is 7.60. The van der Waals surface area contributed by atoms with Gasteiger partial charge in [0.25, 0.3) is 0 Å². The first-order chi connectivity index (χ1) is 8.81. The smallest absolute Gasteiger partial charge is 0.191 e. The third kappa shape index (κ3) is 3.61. The van der Waals surface area contributed by atoms with Gasteiger partial charge in [-0.05, 0) is 38.8 Å². The Morgan fingerprint density at radius 2 is 1.83 bits per heavy atom. The summed E-state index contributed by atoms with van der Waals surface area (Å²) in [4.78, 5) is 9.45. The van der Waals surface area contributed by atoms with Gasteiger partial charge in [-0.25, -0.2) is 0 Å². The van der Waals surface area contributed by atoms with E-state index in [1.54, 1.807) is 0 Å². The monoisotopic (exact) mass is 252 g/mol. The average molecular weight is 252 g/mol. The van der Waals surface area contributed by atoms with Crippen molar-refractivity contribution in [2.75, 3.05) is 32.7 Å². The molecule has 4 nitrogen and oxygen atoms in total. The molecule has 0 amide bonds. The fourth-order valence-corrected chi connectivity index (χ4v) is 3.12. The van der Waals surface area contributed by atoms with E-state index < -0.39 is 0 Å². The molecule has 104 valence electrons. The molecule has 4 heteroatoms. The van der Waals surface area contributed by atoms with Crippen LogP contribution in [-0.2, 0) is 0 Å². The van der Waals surface area contributed by atoms with Gasteiger partial charge in [0.1, 0.15) is 0 Å². The van der Waals surface area contributed by atoms with Crippen LogP contribution < -0.4 is 5.73 Å². The summed E-state index contributed by atoms with van der Waals surface area (Å²) < 4.78 is 0. The Hall–Kier alpha value is -0.770. The van der Waals surface area contributed by atoms with Crippen molar-refractivity contribution in [3.05, 3.63) is 0 Å². The van der Waals surface area contributed by atoms with Crippen molar-refractivity contribution in [1.29, 1.82) is 0 Å². The first kappa shape index (κ1) is 13.7. The third-order valence-corrected chi connectivity index (χ3v) is 4.30. The first-order valence-corrected chi connectivity index (χ1v) is 7.60. The van der Waals surface area contributed by atoms with E-state index in [9.17, 15) is 0 Å². The van der Waals surface area contributed by atoms with Crippen molar-refractivity contribution in [2.45, 2.75) is 51.5 Å². The zero-order chi connectivity index (χ0) is 12.8. The molecule has 2 aliphatic heterocycles. The SMILES string of the molecule is CCN1CCCC1CN=C(N)N1CCCCCC1. The van der Waals surface area contributed by atoms with Crippen molar-refractivity contribution < 1.29 is 0 Å². The Kier molecular flexibility index (Phi) is 5.29. The van der Waals surface area contributed by atoms with Crippen LogP contribution in [0.4, 0.5) is 0 Å². The minimum absolute atomic E-state index is 0.625. The Morgan fingerprint density at radius 3 is 2.50 bits per heavy atom. The highest BCUT2D eigenvalue weighted by molar-refractivity contribution is 5.78. The molecule has 0 spiro atoms. The van der Waals surface area contributed by atoms with E-state index in [4.69, 9.17) is 5.73 Å². The van der Waals surface area contributed by atoms with Crippen molar-refractivity contribution in [1.82, 2.24) is 9.80 Å². The molecule has 0 aliphatic carbocycles. The van der Waals surface area contributed by atoms with Crippen molar-refractivity contribution in [3.63, 3.8) is 0 Å². The van der Waals surface area contributed by atoms with Gasteiger partial charge in [-0.15, -0.1) is 0 Å². The van der Waals surface area contributed by atoms with E-state index in [2.05, 4.69) is 21.7 Å². The number of aliphatic imine (C=N–C) groups is 1. The molecule has 2 saturated heterocycles. The Balaban J connectivity index is 1.83. The second kappa shape index (κ2) is 6.98. The zero-order valence-electron chi connectivity index (χ0n) is 11.8. The van der Waals surface area contributed by atoms with Crippen LogP contribution in [0.5, 0.6) is 0 Å². The zero-order valence-corrected chi connectivity index (χ0v) is 11.8. The predicted octanol–water partition coefficient (Wildman–Crippen LogP) is 1.66. The van der Waals surface area contributed by atoms with Crippen LogP contribution in [0.2, 0.25) is 0 Å². The number of likely N-dealkylation sites (N-methyl/N-ethyl adjacent to an activating group) is 1. The molecule has 0 radical (unpaired) electrons. The fourth-order valence-electron chi connectivity index (χ4n) is 3.12. The number of hydrogen-bond donors (Lipinski definition) is 1. The van der Waals surface area contributed by atoms with Gasteiger partial charge in [0.15, 0.2) is 5.96 Å². The fraction of sp³-hybridized carbons (Fsp3) is 0.929. The highest BCUT2D eigenvalue weighted by Gasteiger charge is 2.22. The van der Waals surface area contributed by atoms with Crippen LogP contribution in [0.3, 0.4) is 0 Å². The lowest BCUT2D eigenvalue weighted by Gasteiger charge is -2.24. The number of nitrogens with zero attached hydrogens (tertiary/aromatic N) is 3. The molecule has 0 bridgehead atoms. The molecular formula is C14H28N4. The summed E-state index contributed by atoms with van der Waals surface area (Å²) in [7, 11) is 0. The van der Waals surface area contributed by atoms with Crippen LogP contribution in [0, 0.1) is 0 Å². The summed E-state index contributed by atoms with van der Waals surface area (Å²) in [5.41, 5.74) is 6.14.